The molecule has 1 fully saturated rings. The van der Waals surface area contributed by atoms with Crippen LogP contribution in [0.1, 0.15) is 40.0 Å². The molecule has 1 aliphatic heterocycles. The molecular weight excluding hydrogens is 238 g/mol. The van der Waals surface area contributed by atoms with E-state index in [0.717, 1.165) is 24.8 Å². The lowest BCUT2D eigenvalue weighted by molar-refractivity contribution is 0.234. The Balaban J connectivity index is 2.15. The van der Waals surface area contributed by atoms with Gasteiger partial charge in [-0.25, -0.2) is 0 Å². The fourth-order valence-corrected chi connectivity index (χ4v) is 2.54. The van der Waals surface area contributed by atoms with Crippen molar-refractivity contribution in [3.63, 3.8) is 0 Å². The molecule has 0 aliphatic carbocycles. The summed E-state index contributed by atoms with van der Waals surface area (Å²) in [5, 5.41) is 0. The van der Waals surface area contributed by atoms with Gasteiger partial charge < -0.3 is 15.4 Å². The Labute approximate surface area is 116 Å². The highest BCUT2D eigenvalue weighted by Gasteiger charge is 2.20. The highest BCUT2D eigenvalue weighted by molar-refractivity contribution is 5.54. The van der Waals surface area contributed by atoms with Crippen LogP contribution >= 0.6 is 0 Å². The highest BCUT2D eigenvalue weighted by Crippen LogP contribution is 2.28. The topological polar surface area (TPSA) is 51.4 Å². The lowest BCUT2D eigenvalue weighted by Gasteiger charge is -2.33. The van der Waals surface area contributed by atoms with Crippen LogP contribution in [-0.4, -0.2) is 24.2 Å². The fraction of sp³-hybridized carbons (Fsp3) is 0.667. The molecule has 4 nitrogen and oxygen atoms in total. The molecule has 0 aromatic carbocycles. The van der Waals surface area contributed by atoms with Gasteiger partial charge in [-0.2, -0.15) is 4.98 Å². The SMILES string of the molecule is CCC1CCCN(c2ccc(N)c(OC(C)C)n2)C1. The molecule has 2 heterocycles. The van der Waals surface area contributed by atoms with Gasteiger partial charge in [0.15, 0.2) is 0 Å². The first-order chi connectivity index (χ1) is 9.10. The number of ether oxygens (including phenoxy) is 1. The van der Waals surface area contributed by atoms with E-state index in [9.17, 15) is 0 Å². The van der Waals surface area contributed by atoms with E-state index >= 15 is 0 Å². The molecule has 4 heteroatoms. The summed E-state index contributed by atoms with van der Waals surface area (Å²) in [6.07, 6.45) is 3.90. The molecule has 1 unspecified atom stereocenters. The second-order valence-corrected chi connectivity index (χ2v) is 5.59. The molecule has 1 aliphatic rings. The van der Waals surface area contributed by atoms with Crippen LogP contribution in [0.15, 0.2) is 12.1 Å². The van der Waals surface area contributed by atoms with Gasteiger partial charge in [0.1, 0.15) is 5.82 Å². The van der Waals surface area contributed by atoms with Gasteiger partial charge in [-0.05, 0) is 44.7 Å². The van der Waals surface area contributed by atoms with Crippen molar-refractivity contribution in [2.75, 3.05) is 23.7 Å². The van der Waals surface area contributed by atoms with E-state index in [-0.39, 0.29) is 6.10 Å². The van der Waals surface area contributed by atoms with Gasteiger partial charge in [0.05, 0.1) is 11.8 Å². The van der Waals surface area contributed by atoms with E-state index in [4.69, 9.17) is 10.5 Å². The number of nitrogens with two attached hydrogens (primary N) is 1. The Hall–Kier alpha value is -1.45. The predicted octanol–water partition coefficient (Wildman–Crippen LogP) is 3.08. The number of hydrogen-bond acceptors (Lipinski definition) is 4. The summed E-state index contributed by atoms with van der Waals surface area (Å²) in [4.78, 5) is 6.94. The maximum Gasteiger partial charge on any atom is 0.239 e. The molecule has 1 aromatic heterocycles. The van der Waals surface area contributed by atoms with Crippen LogP contribution < -0.4 is 15.4 Å². The number of anilines is 2. The third-order valence-corrected chi connectivity index (χ3v) is 3.64. The van der Waals surface area contributed by atoms with Crippen molar-refractivity contribution in [3.8, 4) is 5.88 Å². The first-order valence-electron chi connectivity index (χ1n) is 7.28. The first kappa shape index (κ1) is 14.0. The zero-order valence-corrected chi connectivity index (χ0v) is 12.2. The lowest BCUT2D eigenvalue weighted by Crippen LogP contribution is -2.35. The smallest absolute Gasteiger partial charge is 0.239 e. The number of rotatable bonds is 4. The van der Waals surface area contributed by atoms with Gasteiger partial charge in [0, 0.05) is 13.1 Å². The zero-order valence-electron chi connectivity index (χ0n) is 12.2. The molecule has 1 aromatic rings. The number of nitrogens with zero attached hydrogens (tertiary/aromatic N) is 2. The van der Waals surface area contributed by atoms with Crippen LogP contribution in [0.5, 0.6) is 5.88 Å². The van der Waals surface area contributed by atoms with Crippen LogP contribution in [0, 0.1) is 5.92 Å². The normalized spacial score (nSPS) is 19.8. The molecule has 0 radical (unpaired) electrons. The number of piperidine rings is 1. The van der Waals surface area contributed by atoms with Gasteiger partial charge in [-0.3, -0.25) is 0 Å². The number of pyridine rings is 1. The lowest BCUT2D eigenvalue weighted by atomic mass is 9.96. The van der Waals surface area contributed by atoms with E-state index in [2.05, 4.69) is 16.8 Å². The molecule has 0 bridgehead atoms. The highest BCUT2D eigenvalue weighted by atomic mass is 16.5. The van der Waals surface area contributed by atoms with Crippen molar-refractivity contribution in [1.82, 2.24) is 4.98 Å². The van der Waals surface area contributed by atoms with Crippen molar-refractivity contribution in [3.05, 3.63) is 12.1 Å². The van der Waals surface area contributed by atoms with E-state index < -0.39 is 0 Å². The van der Waals surface area contributed by atoms with E-state index in [0.29, 0.717) is 11.6 Å². The summed E-state index contributed by atoms with van der Waals surface area (Å²) < 4.78 is 5.67. The molecule has 2 N–H and O–H groups in total. The van der Waals surface area contributed by atoms with Crippen LogP contribution in [0.2, 0.25) is 0 Å². The summed E-state index contributed by atoms with van der Waals surface area (Å²) in [5.41, 5.74) is 6.53. The van der Waals surface area contributed by atoms with Crippen LogP contribution in [0.3, 0.4) is 0 Å². The third-order valence-electron chi connectivity index (χ3n) is 3.64. The Kier molecular flexibility index (Phi) is 4.51. The van der Waals surface area contributed by atoms with E-state index in [1.165, 1.54) is 19.3 Å². The van der Waals surface area contributed by atoms with Crippen LogP contribution in [0.4, 0.5) is 11.5 Å². The minimum atomic E-state index is 0.0924. The van der Waals surface area contributed by atoms with Gasteiger partial charge in [-0.15, -0.1) is 0 Å². The molecule has 19 heavy (non-hydrogen) atoms. The Bertz CT molecular complexity index is 420. The van der Waals surface area contributed by atoms with Crippen molar-refractivity contribution in [2.24, 2.45) is 5.92 Å². The van der Waals surface area contributed by atoms with Crippen molar-refractivity contribution in [2.45, 2.75) is 46.1 Å². The van der Waals surface area contributed by atoms with Gasteiger partial charge in [-0.1, -0.05) is 13.3 Å². The maximum atomic E-state index is 5.91. The summed E-state index contributed by atoms with van der Waals surface area (Å²) in [5.74, 6) is 2.33. The van der Waals surface area contributed by atoms with Gasteiger partial charge in [0.25, 0.3) is 0 Å². The summed E-state index contributed by atoms with van der Waals surface area (Å²) in [7, 11) is 0. The molecular formula is C15H25N3O. The summed E-state index contributed by atoms with van der Waals surface area (Å²) in [6, 6.07) is 3.90. The molecule has 0 amide bonds. The number of aromatic nitrogens is 1. The predicted molar refractivity (Wildman–Crippen MR) is 79.6 cm³/mol. The van der Waals surface area contributed by atoms with Crippen LogP contribution in [0.25, 0.3) is 0 Å². The summed E-state index contributed by atoms with van der Waals surface area (Å²) >= 11 is 0. The minimum absolute atomic E-state index is 0.0924. The second-order valence-electron chi connectivity index (χ2n) is 5.59. The molecule has 2 rings (SSSR count). The third kappa shape index (κ3) is 3.52. The Morgan fingerprint density at radius 2 is 2.26 bits per heavy atom. The molecule has 106 valence electrons. The Morgan fingerprint density at radius 3 is 2.95 bits per heavy atom. The van der Waals surface area contributed by atoms with Gasteiger partial charge >= 0.3 is 0 Å². The Morgan fingerprint density at radius 1 is 1.47 bits per heavy atom. The number of hydrogen-bond donors (Lipinski definition) is 1. The molecule has 0 spiro atoms. The largest absolute Gasteiger partial charge is 0.473 e. The zero-order chi connectivity index (χ0) is 13.8. The maximum absolute atomic E-state index is 5.91. The van der Waals surface area contributed by atoms with Crippen molar-refractivity contribution < 1.29 is 4.74 Å². The number of nitrogen functional groups attached to an aromatic ring is 1. The van der Waals surface area contributed by atoms with Crippen LogP contribution in [-0.2, 0) is 0 Å². The molecule has 1 atom stereocenters. The van der Waals surface area contributed by atoms with E-state index in [1.807, 2.05) is 26.0 Å². The standard InChI is InChI=1S/C15H25N3O/c1-4-12-6-5-9-18(10-12)14-8-7-13(16)15(17-14)19-11(2)3/h7-8,11-12H,4-6,9-10,16H2,1-3H3. The first-order valence-corrected chi connectivity index (χ1v) is 7.28. The van der Waals surface area contributed by atoms with E-state index in [1.54, 1.807) is 0 Å². The molecule has 0 saturated carbocycles. The van der Waals surface area contributed by atoms with Crippen molar-refractivity contribution in [1.29, 1.82) is 0 Å². The average Bonchev–Trinajstić information content (AvgIpc) is 2.41. The monoisotopic (exact) mass is 263 g/mol. The second kappa shape index (κ2) is 6.13. The summed E-state index contributed by atoms with van der Waals surface area (Å²) in [6.45, 7) is 8.41. The van der Waals surface area contributed by atoms with Gasteiger partial charge in [0.2, 0.25) is 5.88 Å². The fourth-order valence-electron chi connectivity index (χ4n) is 2.54. The van der Waals surface area contributed by atoms with Crippen molar-refractivity contribution >= 4 is 11.5 Å². The minimum Gasteiger partial charge on any atom is -0.473 e. The quantitative estimate of drug-likeness (QED) is 0.907. The molecule has 1 saturated heterocycles. The average molecular weight is 263 g/mol.